The van der Waals surface area contributed by atoms with Crippen LogP contribution in [-0.2, 0) is 30.4 Å². The number of primary amides is 1. The molecular weight excluding hydrogens is 362 g/mol. The fraction of sp³-hybridized carbons (Fsp3) is 0.429. The molecule has 0 saturated carbocycles. The predicted molar refractivity (Wildman–Crippen MR) is 89.7 cm³/mol. The number of carboxylic acid groups (broad SMARTS) is 1. The van der Waals surface area contributed by atoms with Crippen LogP contribution >= 0.6 is 0 Å². The average molecular weight is 383 g/mol. The van der Waals surface area contributed by atoms with E-state index >= 15 is 0 Å². The lowest BCUT2D eigenvalue weighted by molar-refractivity contribution is -0.138. The SMILES string of the molecule is NCC(=O)NC(Cc1cnc[nH]1)C(=O)NC(CC(N)=O)C(=O)NCC(=O)O. The van der Waals surface area contributed by atoms with Crippen molar-refractivity contribution >= 4 is 29.6 Å². The summed E-state index contributed by atoms with van der Waals surface area (Å²) in [5.74, 6) is -4.50. The molecule has 27 heavy (non-hydrogen) atoms. The van der Waals surface area contributed by atoms with E-state index in [1.165, 1.54) is 12.5 Å². The largest absolute Gasteiger partial charge is 0.480 e. The van der Waals surface area contributed by atoms with Crippen LogP contribution in [0.15, 0.2) is 12.5 Å². The summed E-state index contributed by atoms with van der Waals surface area (Å²) in [4.78, 5) is 64.4. The molecule has 0 bridgehead atoms. The molecule has 1 heterocycles. The Balaban J connectivity index is 2.87. The zero-order valence-corrected chi connectivity index (χ0v) is 14.2. The summed E-state index contributed by atoms with van der Waals surface area (Å²) in [6.45, 7) is -1.07. The lowest BCUT2D eigenvalue weighted by Crippen LogP contribution is -2.56. The highest BCUT2D eigenvalue weighted by atomic mass is 16.4. The predicted octanol–water partition coefficient (Wildman–Crippen LogP) is -4.04. The molecule has 0 radical (unpaired) electrons. The molecule has 9 N–H and O–H groups in total. The number of carboxylic acids is 1. The molecule has 13 nitrogen and oxygen atoms in total. The van der Waals surface area contributed by atoms with Crippen molar-refractivity contribution in [2.45, 2.75) is 24.9 Å². The van der Waals surface area contributed by atoms with Crippen LogP contribution in [0.2, 0.25) is 0 Å². The van der Waals surface area contributed by atoms with Crippen LogP contribution in [0.3, 0.4) is 0 Å². The summed E-state index contributed by atoms with van der Waals surface area (Å²) in [5.41, 5.74) is 10.8. The van der Waals surface area contributed by atoms with Gasteiger partial charge in [0.25, 0.3) is 0 Å². The monoisotopic (exact) mass is 383 g/mol. The van der Waals surface area contributed by atoms with Crippen molar-refractivity contribution in [1.82, 2.24) is 25.9 Å². The van der Waals surface area contributed by atoms with E-state index in [9.17, 15) is 24.0 Å². The summed E-state index contributed by atoms with van der Waals surface area (Å²) >= 11 is 0. The first kappa shape index (κ1) is 21.6. The Hall–Kier alpha value is -3.48. The Morgan fingerprint density at radius 3 is 2.37 bits per heavy atom. The smallest absolute Gasteiger partial charge is 0.322 e. The summed E-state index contributed by atoms with van der Waals surface area (Å²) < 4.78 is 0. The van der Waals surface area contributed by atoms with Gasteiger partial charge in [0, 0.05) is 18.3 Å². The molecule has 0 spiro atoms. The van der Waals surface area contributed by atoms with Crippen LogP contribution in [0.4, 0.5) is 0 Å². The number of aliphatic carboxylic acids is 1. The average Bonchev–Trinajstić information content (AvgIpc) is 3.10. The molecule has 1 aromatic heterocycles. The van der Waals surface area contributed by atoms with Crippen LogP contribution in [-0.4, -0.2) is 69.8 Å². The van der Waals surface area contributed by atoms with Crippen molar-refractivity contribution in [3.63, 3.8) is 0 Å². The van der Waals surface area contributed by atoms with Crippen molar-refractivity contribution in [1.29, 1.82) is 0 Å². The number of amides is 4. The minimum Gasteiger partial charge on any atom is -0.480 e. The maximum absolute atomic E-state index is 12.5. The van der Waals surface area contributed by atoms with Crippen LogP contribution < -0.4 is 27.4 Å². The summed E-state index contributed by atoms with van der Waals surface area (Å²) in [6.07, 6.45) is 2.27. The van der Waals surface area contributed by atoms with Gasteiger partial charge < -0.3 is 37.5 Å². The van der Waals surface area contributed by atoms with Crippen LogP contribution in [0.5, 0.6) is 0 Å². The van der Waals surface area contributed by atoms with Gasteiger partial charge in [0.1, 0.15) is 18.6 Å². The van der Waals surface area contributed by atoms with Crippen LogP contribution in [0, 0.1) is 0 Å². The lowest BCUT2D eigenvalue weighted by Gasteiger charge is -2.22. The van der Waals surface area contributed by atoms with Crippen molar-refractivity contribution in [2.24, 2.45) is 11.5 Å². The van der Waals surface area contributed by atoms with Crippen molar-refractivity contribution < 1.29 is 29.1 Å². The van der Waals surface area contributed by atoms with Crippen molar-refractivity contribution in [3.8, 4) is 0 Å². The highest BCUT2D eigenvalue weighted by molar-refractivity contribution is 5.95. The standard InChI is InChI=1S/C14H21N7O6/c15-3-11(23)20-8(1-7-4-17-6-19-7)14(27)21-9(2-10(16)22)13(26)18-5-12(24)25/h4,6,8-9H,1-3,5,15H2,(H2,16,22)(H,17,19)(H,18,26)(H,20,23)(H,21,27)(H,24,25). The minimum absolute atomic E-state index is 0.0115. The second kappa shape index (κ2) is 10.5. The van der Waals surface area contributed by atoms with Gasteiger partial charge >= 0.3 is 5.97 Å². The third kappa shape index (κ3) is 7.96. The zero-order valence-electron chi connectivity index (χ0n) is 14.2. The Labute approximate surface area is 153 Å². The molecular formula is C14H21N7O6. The molecule has 13 heteroatoms. The number of nitrogens with zero attached hydrogens (tertiary/aromatic N) is 1. The van der Waals surface area contributed by atoms with Gasteiger partial charge in [0.15, 0.2) is 0 Å². The fourth-order valence-electron chi connectivity index (χ4n) is 2.05. The molecule has 0 saturated heterocycles. The topological polar surface area (TPSA) is 222 Å². The quantitative estimate of drug-likeness (QED) is 0.199. The molecule has 148 valence electrons. The van der Waals surface area contributed by atoms with E-state index in [0.717, 1.165) is 0 Å². The molecule has 2 atom stereocenters. The number of rotatable bonds is 11. The highest BCUT2D eigenvalue weighted by Gasteiger charge is 2.28. The zero-order chi connectivity index (χ0) is 20.4. The first-order chi connectivity index (χ1) is 12.7. The minimum atomic E-state index is -1.41. The van der Waals surface area contributed by atoms with Crippen molar-refractivity contribution in [3.05, 3.63) is 18.2 Å². The maximum atomic E-state index is 12.5. The van der Waals surface area contributed by atoms with Gasteiger partial charge in [0.05, 0.1) is 19.3 Å². The third-order valence-electron chi connectivity index (χ3n) is 3.27. The van der Waals surface area contributed by atoms with E-state index in [0.29, 0.717) is 5.69 Å². The molecule has 4 amide bonds. The van der Waals surface area contributed by atoms with Gasteiger partial charge in [-0.1, -0.05) is 0 Å². The molecule has 0 aliphatic carbocycles. The fourth-order valence-corrected chi connectivity index (χ4v) is 2.05. The van der Waals surface area contributed by atoms with Gasteiger partial charge in [-0.15, -0.1) is 0 Å². The first-order valence-electron chi connectivity index (χ1n) is 7.77. The van der Waals surface area contributed by atoms with E-state index in [2.05, 4.69) is 20.6 Å². The van der Waals surface area contributed by atoms with E-state index in [1.54, 1.807) is 0 Å². The van der Waals surface area contributed by atoms with Gasteiger partial charge in [-0.05, 0) is 0 Å². The highest BCUT2D eigenvalue weighted by Crippen LogP contribution is 2.01. The van der Waals surface area contributed by atoms with Gasteiger partial charge in [-0.2, -0.15) is 0 Å². The van der Waals surface area contributed by atoms with Crippen LogP contribution in [0.1, 0.15) is 12.1 Å². The number of nitrogens with two attached hydrogens (primary N) is 2. The molecule has 1 aromatic rings. The number of imidazole rings is 1. The Morgan fingerprint density at radius 1 is 1.15 bits per heavy atom. The first-order valence-corrected chi connectivity index (χ1v) is 7.77. The van der Waals surface area contributed by atoms with Gasteiger partial charge in [-0.3, -0.25) is 24.0 Å². The Morgan fingerprint density at radius 2 is 1.85 bits per heavy atom. The lowest BCUT2D eigenvalue weighted by atomic mass is 10.1. The second-order valence-electron chi connectivity index (χ2n) is 5.45. The number of carbonyl (C=O) groups excluding carboxylic acids is 4. The Kier molecular flexibility index (Phi) is 8.38. The number of nitrogens with one attached hydrogen (secondary N) is 4. The number of hydrogen-bond donors (Lipinski definition) is 7. The number of hydrogen-bond acceptors (Lipinski definition) is 7. The third-order valence-corrected chi connectivity index (χ3v) is 3.27. The number of carbonyl (C=O) groups is 5. The van der Waals surface area contributed by atoms with E-state index < -0.39 is 54.6 Å². The Bertz CT molecular complexity index is 690. The molecule has 0 aliphatic heterocycles. The number of aromatic nitrogens is 2. The molecule has 0 fully saturated rings. The number of aromatic amines is 1. The normalized spacial score (nSPS) is 12.5. The maximum Gasteiger partial charge on any atom is 0.322 e. The van der Waals surface area contributed by atoms with E-state index in [4.69, 9.17) is 16.6 Å². The van der Waals surface area contributed by atoms with Gasteiger partial charge in [0.2, 0.25) is 23.6 Å². The molecule has 2 unspecified atom stereocenters. The molecule has 1 rings (SSSR count). The van der Waals surface area contributed by atoms with Gasteiger partial charge in [-0.25, -0.2) is 4.98 Å². The summed E-state index contributed by atoms with van der Waals surface area (Å²) in [5, 5.41) is 15.3. The summed E-state index contributed by atoms with van der Waals surface area (Å²) in [7, 11) is 0. The molecule has 0 aromatic carbocycles. The van der Waals surface area contributed by atoms with E-state index in [1.807, 2.05) is 5.32 Å². The number of H-pyrrole nitrogens is 1. The summed E-state index contributed by atoms with van der Waals surface area (Å²) in [6, 6.07) is -2.53. The van der Waals surface area contributed by atoms with Crippen LogP contribution in [0.25, 0.3) is 0 Å². The molecule has 0 aliphatic rings. The van der Waals surface area contributed by atoms with Crippen molar-refractivity contribution in [2.75, 3.05) is 13.1 Å². The van der Waals surface area contributed by atoms with E-state index in [-0.39, 0.29) is 13.0 Å². The second-order valence-corrected chi connectivity index (χ2v) is 5.45.